The fourth-order valence-corrected chi connectivity index (χ4v) is 2.57. The molecule has 0 bridgehead atoms. The highest BCUT2D eigenvalue weighted by Crippen LogP contribution is 2.39. The predicted molar refractivity (Wildman–Crippen MR) is 63.9 cm³/mol. The first-order valence-electron chi connectivity index (χ1n) is 6.55. The molecule has 0 spiro atoms. The maximum absolute atomic E-state index is 12.9. The maximum Gasteiger partial charge on any atom is 0.396 e. The summed E-state index contributed by atoms with van der Waals surface area (Å²) in [6.07, 6.45) is 3.26. The largest absolute Gasteiger partial charge is 0.495 e. The van der Waals surface area contributed by atoms with E-state index in [0.717, 1.165) is 25.7 Å². The molecule has 0 N–H and O–H groups in total. The van der Waals surface area contributed by atoms with Gasteiger partial charge in [0.15, 0.2) is 0 Å². The van der Waals surface area contributed by atoms with E-state index in [9.17, 15) is 13.2 Å². The van der Waals surface area contributed by atoms with Crippen LogP contribution in [0.2, 0.25) is 0 Å². The second kappa shape index (κ2) is 5.68. The van der Waals surface area contributed by atoms with Gasteiger partial charge in [-0.2, -0.15) is 18.4 Å². The molecule has 5 heteroatoms. The third-order valence-corrected chi connectivity index (χ3v) is 3.62. The van der Waals surface area contributed by atoms with Crippen LogP contribution >= 0.6 is 0 Å². The number of nitrogens with zero attached hydrogens (tertiary/aromatic N) is 1. The molecule has 2 rings (SSSR count). The Hall–Kier alpha value is -1.44. The van der Waals surface area contributed by atoms with Gasteiger partial charge in [-0.25, -0.2) is 0 Å². The molecular weight excluding hydrogens is 255 g/mol. The van der Waals surface area contributed by atoms with Crippen LogP contribution in [0, 0.1) is 17.2 Å². The molecule has 1 fully saturated rings. The van der Waals surface area contributed by atoms with Crippen molar-refractivity contribution in [3.05, 3.63) is 23.5 Å². The van der Waals surface area contributed by atoms with Crippen molar-refractivity contribution in [2.45, 2.75) is 50.8 Å². The Labute approximate surface area is 110 Å². The van der Waals surface area contributed by atoms with Gasteiger partial charge in [-0.1, -0.05) is 6.42 Å². The van der Waals surface area contributed by atoms with Crippen molar-refractivity contribution in [3.63, 3.8) is 0 Å². The summed E-state index contributed by atoms with van der Waals surface area (Å²) in [6.45, 7) is 0. The molecule has 0 aromatic carbocycles. The van der Waals surface area contributed by atoms with Gasteiger partial charge >= 0.3 is 6.18 Å². The molecule has 1 unspecified atom stereocenters. The van der Waals surface area contributed by atoms with Crippen molar-refractivity contribution >= 4 is 0 Å². The zero-order chi connectivity index (χ0) is 13.9. The minimum Gasteiger partial charge on any atom is -0.495 e. The number of rotatable bonds is 2. The maximum atomic E-state index is 12.9. The molecular formula is C14H16F3NO. The molecule has 19 heavy (non-hydrogen) atoms. The second-order valence-electron chi connectivity index (χ2n) is 5.04. The fraction of sp³-hybridized carbons (Fsp3) is 0.643. The average molecular weight is 271 g/mol. The van der Waals surface area contributed by atoms with Gasteiger partial charge in [-0.3, -0.25) is 0 Å². The van der Waals surface area contributed by atoms with Crippen LogP contribution in [0.1, 0.15) is 38.5 Å². The number of ether oxygens (including phenoxy) is 1. The molecule has 1 atom stereocenters. The minimum atomic E-state index is -4.39. The van der Waals surface area contributed by atoms with Crippen LogP contribution in [0.5, 0.6) is 0 Å². The Kier molecular flexibility index (Phi) is 4.18. The van der Waals surface area contributed by atoms with Crippen LogP contribution in [0.25, 0.3) is 0 Å². The van der Waals surface area contributed by atoms with Crippen LogP contribution in [0.3, 0.4) is 0 Å². The molecule has 2 aliphatic rings. The number of halogens is 3. The Balaban J connectivity index is 2.05. The average Bonchev–Trinajstić information content (AvgIpc) is 2.39. The molecule has 2 aliphatic carbocycles. The van der Waals surface area contributed by atoms with Gasteiger partial charge in [0.05, 0.1) is 23.9 Å². The molecule has 0 aromatic rings. The first-order valence-corrected chi connectivity index (χ1v) is 6.55. The Morgan fingerprint density at radius 2 is 1.84 bits per heavy atom. The quantitative estimate of drug-likeness (QED) is 0.752. The Bertz CT molecular complexity index is 425. The van der Waals surface area contributed by atoms with Crippen molar-refractivity contribution in [3.8, 4) is 6.07 Å². The third-order valence-electron chi connectivity index (χ3n) is 3.62. The number of nitriles is 1. The highest BCUT2D eigenvalue weighted by atomic mass is 19.4. The van der Waals surface area contributed by atoms with E-state index >= 15 is 0 Å². The zero-order valence-electron chi connectivity index (χ0n) is 10.5. The van der Waals surface area contributed by atoms with Crippen molar-refractivity contribution in [2.75, 3.05) is 0 Å². The highest BCUT2D eigenvalue weighted by molar-refractivity contribution is 5.34. The van der Waals surface area contributed by atoms with E-state index in [-0.39, 0.29) is 18.1 Å². The van der Waals surface area contributed by atoms with E-state index < -0.39 is 12.1 Å². The van der Waals surface area contributed by atoms with Crippen molar-refractivity contribution in [1.82, 2.24) is 0 Å². The van der Waals surface area contributed by atoms with Gasteiger partial charge in [-0.05, 0) is 37.8 Å². The van der Waals surface area contributed by atoms with Crippen molar-refractivity contribution in [1.29, 1.82) is 5.26 Å². The van der Waals surface area contributed by atoms with Gasteiger partial charge in [-0.15, -0.1) is 0 Å². The first-order chi connectivity index (χ1) is 9.00. The van der Waals surface area contributed by atoms with Gasteiger partial charge in [0.25, 0.3) is 0 Å². The monoisotopic (exact) mass is 271 g/mol. The lowest BCUT2D eigenvalue weighted by molar-refractivity contribution is -0.165. The second-order valence-corrected chi connectivity index (χ2v) is 5.04. The summed E-state index contributed by atoms with van der Waals surface area (Å²) < 4.78 is 44.2. The van der Waals surface area contributed by atoms with E-state index in [1.165, 1.54) is 18.6 Å². The number of hydrogen-bond donors (Lipinski definition) is 0. The number of alkyl halides is 3. The third kappa shape index (κ3) is 3.52. The van der Waals surface area contributed by atoms with Gasteiger partial charge in [0.2, 0.25) is 0 Å². The summed E-state index contributed by atoms with van der Waals surface area (Å²) in [4.78, 5) is 0. The standard InChI is InChI=1S/C14H16F3NO/c15-14(16,17)13-8-12(7-6-10(13)9-18)19-11-4-2-1-3-5-11/h6-7,11,13H,1-5,8H2. The summed E-state index contributed by atoms with van der Waals surface area (Å²) in [5, 5.41) is 8.74. The van der Waals surface area contributed by atoms with E-state index in [2.05, 4.69) is 0 Å². The van der Waals surface area contributed by atoms with Crippen LogP contribution in [-0.2, 0) is 4.74 Å². The summed E-state index contributed by atoms with van der Waals surface area (Å²) in [5.74, 6) is -1.37. The highest BCUT2D eigenvalue weighted by Gasteiger charge is 2.44. The topological polar surface area (TPSA) is 33.0 Å². The number of allylic oxidation sites excluding steroid dienone is 4. The molecule has 0 radical (unpaired) electrons. The number of hydrogen-bond acceptors (Lipinski definition) is 2. The zero-order valence-corrected chi connectivity index (χ0v) is 10.5. The van der Waals surface area contributed by atoms with Crippen LogP contribution in [0.4, 0.5) is 13.2 Å². The summed E-state index contributed by atoms with van der Waals surface area (Å²) in [5.41, 5.74) is -0.233. The fourth-order valence-electron chi connectivity index (χ4n) is 2.57. The van der Waals surface area contributed by atoms with E-state index in [1.54, 1.807) is 6.07 Å². The van der Waals surface area contributed by atoms with Crippen LogP contribution < -0.4 is 0 Å². The van der Waals surface area contributed by atoms with Crippen molar-refractivity contribution in [2.24, 2.45) is 5.92 Å². The molecule has 0 aromatic heterocycles. The lowest BCUT2D eigenvalue weighted by Crippen LogP contribution is -2.28. The molecule has 1 saturated carbocycles. The molecule has 0 heterocycles. The van der Waals surface area contributed by atoms with Gasteiger partial charge < -0.3 is 4.74 Å². The minimum absolute atomic E-state index is 0.0333. The Morgan fingerprint density at radius 3 is 2.42 bits per heavy atom. The smallest absolute Gasteiger partial charge is 0.396 e. The van der Waals surface area contributed by atoms with Gasteiger partial charge in [0.1, 0.15) is 0 Å². The predicted octanol–water partition coefficient (Wildman–Crippen LogP) is 4.25. The molecule has 0 amide bonds. The molecule has 104 valence electrons. The summed E-state index contributed by atoms with van der Waals surface area (Å²) in [7, 11) is 0. The molecule has 2 nitrogen and oxygen atoms in total. The summed E-state index contributed by atoms with van der Waals surface area (Å²) >= 11 is 0. The van der Waals surface area contributed by atoms with Gasteiger partial charge in [0, 0.05) is 12.0 Å². The van der Waals surface area contributed by atoms with E-state index in [4.69, 9.17) is 10.00 Å². The van der Waals surface area contributed by atoms with E-state index in [0.29, 0.717) is 5.76 Å². The molecule has 0 aliphatic heterocycles. The SMILES string of the molecule is N#CC1=CC=C(OC2CCCCC2)CC1C(F)(F)F. The lowest BCUT2D eigenvalue weighted by atomic mass is 9.90. The first kappa shape index (κ1) is 14.0. The Morgan fingerprint density at radius 1 is 1.16 bits per heavy atom. The normalized spacial score (nSPS) is 25.3. The van der Waals surface area contributed by atoms with Crippen LogP contribution in [-0.4, -0.2) is 12.3 Å². The lowest BCUT2D eigenvalue weighted by Gasteiger charge is -2.28. The van der Waals surface area contributed by atoms with E-state index in [1.807, 2.05) is 0 Å². The van der Waals surface area contributed by atoms with Crippen LogP contribution in [0.15, 0.2) is 23.5 Å². The molecule has 0 saturated heterocycles. The summed E-state index contributed by atoms with van der Waals surface area (Å²) in [6, 6.07) is 1.63. The van der Waals surface area contributed by atoms with Crippen molar-refractivity contribution < 1.29 is 17.9 Å².